The summed E-state index contributed by atoms with van der Waals surface area (Å²) in [5.74, 6) is -16.8. The molecule has 1 aromatic carbocycles. The minimum Gasteiger partial charge on any atom is -2.00 e. The Morgan fingerprint density at radius 2 is 1.12 bits per heavy atom. The molecule has 0 saturated carbocycles. The van der Waals surface area contributed by atoms with Crippen LogP contribution >= 0.6 is 47.0 Å². The van der Waals surface area contributed by atoms with Crippen molar-refractivity contribution in [2.45, 2.75) is 75.4 Å². The second-order valence-electron chi connectivity index (χ2n) is 19.4. The summed E-state index contributed by atoms with van der Waals surface area (Å²) in [7, 11) is 0. The molecule has 525 valence electrons. The van der Waals surface area contributed by atoms with E-state index in [0.717, 1.165) is 35.3 Å². The summed E-state index contributed by atoms with van der Waals surface area (Å²) >= 11 is 8.70. The summed E-state index contributed by atoms with van der Waals surface area (Å²) in [4.78, 5) is 218. The van der Waals surface area contributed by atoms with Crippen molar-refractivity contribution in [2.24, 2.45) is 11.5 Å². The van der Waals surface area contributed by atoms with E-state index in [0.29, 0.717) is 24.3 Å². The zero-order chi connectivity index (χ0) is 68.7. The maximum atomic E-state index is 13.9. The van der Waals surface area contributed by atoms with Crippen LogP contribution in [0.2, 0.25) is 0 Å². The quantitative estimate of drug-likeness (QED) is 0.0170. The third-order valence-corrected chi connectivity index (χ3v) is 16.1. The number of carboxylic acids is 1. The Morgan fingerprint density at radius 3 is 1.62 bits per heavy atom. The van der Waals surface area contributed by atoms with Crippen molar-refractivity contribution in [1.82, 2.24) is 79.8 Å². The van der Waals surface area contributed by atoms with Gasteiger partial charge in [-0.25, -0.2) is 0 Å². The van der Waals surface area contributed by atoms with Gasteiger partial charge in [-0.3, -0.25) is 81.5 Å². The summed E-state index contributed by atoms with van der Waals surface area (Å²) in [6.07, 6.45) is -0.595. The third kappa shape index (κ3) is 37.9. The Labute approximate surface area is 574 Å². The molecule has 0 aromatic heterocycles. The van der Waals surface area contributed by atoms with E-state index in [-0.39, 0.29) is 72.5 Å². The summed E-state index contributed by atoms with van der Waals surface area (Å²) in [5, 5.41) is 54.7. The van der Waals surface area contributed by atoms with E-state index < -0.39 is 200 Å². The van der Waals surface area contributed by atoms with Crippen LogP contribution in [0.5, 0.6) is 5.75 Å². The number of carboxylic acid groups (broad SMARTS) is 1. The molecular formula is C51H76N17O20S5Tc-3. The smallest absolute Gasteiger partial charge is 0.305 e. The predicted octanol–water partition coefficient (Wildman–Crippen LogP) is -10.1. The Hall–Kier alpha value is -7.67. The van der Waals surface area contributed by atoms with Crippen LogP contribution in [0.3, 0.4) is 0 Å². The standard InChI is InChI=1S/C51H77N17O19S5.O.Tc/c1-26(69)60-24-91-21-33(46(82)56-12-37(72)54-14-39(74)64-32(18-88)45(53)81)66-42(77)17-58-47(83)34(22-92-25-61-27(2)70)65-40(75)15-55-38(73)13-57-49(85)36-20-90-23-43(78)63-30(10-28-4-6-29(71)7-5-28)50(86)67-35(19-89-9-3-8-52)48(84)59-16-41(76)62-31(11-44(79)80)51(87)68-36;;/h4-7,30-36,71,88H,3,8-25,52H2,1-2H3,(H2,53,81)(H,54,72)(H,55,73)(H,56,82)(H,57,85)(H,58,83)(H,59,84)(H,60,69)(H,61,70)(H,62,76)(H,63,78)(H,64,74)(H,65,75)(H,66,77)(H,67,86)(H,68,87)(H,79,80);;/q;-2;/p-1/t30-,31+,32+,33+,34+,35+,36+;;/m1../s1. The number of hydrogen-bond donors (Lipinski definition) is 19. The van der Waals surface area contributed by atoms with Crippen LogP contribution < -0.4 is 91.2 Å². The minimum absolute atomic E-state index is 0. The number of benzene rings is 1. The monoisotopic (exact) mass is 1500 g/mol. The number of phenolic OH excluding ortho intramolecular Hbond substituents is 1. The number of hydrogen-bond acceptors (Lipinski definition) is 24. The molecule has 0 bridgehead atoms. The SMILES string of the molecule is CC(=O)NCSC[C@H](NC(=O)CNC(=O)CNC(=O)[C@@H]1CSCC(=O)N[C@H](Cc2ccc(O)cc2)C(=O)N[C@@H](CSCCCN)C(=O)NCC(=O)N[C@@H](CC(=O)O)C(=O)N1)C(=O)NCC(=O)N[C@@H](CSCNC(C)=O)C(=O)NCC(=O)NCC(=O)N[C@@H](C[S-])C(N)=O.[O-2].[Tc]. The predicted molar refractivity (Wildman–Crippen MR) is 338 cm³/mol. The summed E-state index contributed by atoms with van der Waals surface area (Å²) in [6, 6.07) is -4.43. The van der Waals surface area contributed by atoms with Crippen LogP contribution in [0, 0.1) is 0 Å². The van der Waals surface area contributed by atoms with E-state index in [9.17, 15) is 91.7 Å². The molecule has 1 heterocycles. The molecule has 1 aliphatic rings. The van der Waals surface area contributed by atoms with Gasteiger partial charge in [-0.15, -0.1) is 41.0 Å². The van der Waals surface area contributed by atoms with Gasteiger partial charge in [0.2, 0.25) is 94.5 Å². The average Bonchev–Trinajstić information content (AvgIpc) is 0.929. The fourth-order valence-corrected chi connectivity index (χ4v) is 11.0. The van der Waals surface area contributed by atoms with Crippen molar-refractivity contribution in [3.05, 3.63) is 29.8 Å². The number of thioether (sulfide) groups is 4. The molecule has 1 fully saturated rings. The van der Waals surface area contributed by atoms with Gasteiger partial charge in [0, 0.05) is 63.4 Å². The van der Waals surface area contributed by atoms with Gasteiger partial charge in [0.05, 0.1) is 69.2 Å². The van der Waals surface area contributed by atoms with Gasteiger partial charge < -0.3 is 120 Å². The molecular weight excluding hydrogens is 1430 g/mol. The van der Waals surface area contributed by atoms with Gasteiger partial charge in [0.15, 0.2) is 0 Å². The molecule has 94 heavy (non-hydrogen) atoms. The van der Waals surface area contributed by atoms with Gasteiger partial charge in [0.25, 0.3) is 0 Å². The van der Waals surface area contributed by atoms with Crippen LogP contribution in [-0.4, -0.2) is 251 Å². The number of phenols is 1. The Kier molecular flexibility index (Phi) is 44.2. The van der Waals surface area contributed by atoms with Crippen LogP contribution in [-0.2, 0) is 126 Å². The molecule has 0 unspecified atom stereocenters. The number of aliphatic carboxylic acids is 1. The molecule has 1 saturated heterocycles. The normalized spacial score (nSPS) is 17.0. The first-order valence-corrected chi connectivity index (χ1v) is 32.9. The molecule has 16 amide bonds. The largest absolute Gasteiger partial charge is 2.00 e. The fraction of sp³-hybridized carbons (Fsp3) is 0.549. The van der Waals surface area contributed by atoms with E-state index in [4.69, 9.17) is 24.1 Å². The molecule has 37 nitrogen and oxygen atoms in total. The molecule has 43 heteroatoms. The van der Waals surface area contributed by atoms with E-state index in [1.165, 1.54) is 49.9 Å². The second-order valence-corrected chi connectivity index (χ2v) is 24.0. The first kappa shape index (κ1) is 86.3. The number of nitrogens with two attached hydrogens (primary N) is 2. The number of carbonyl (C=O) groups excluding carboxylic acids is 16. The molecule has 0 spiro atoms. The van der Waals surface area contributed by atoms with E-state index >= 15 is 0 Å². The maximum absolute atomic E-state index is 13.9. The second kappa shape index (κ2) is 48.1. The number of nitrogens with one attached hydrogen (secondary N) is 15. The number of primary amides is 1. The van der Waals surface area contributed by atoms with Crippen molar-refractivity contribution in [1.29, 1.82) is 0 Å². The van der Waals surface area contributed by atoms with Gasteiger partial charge >= 0.3 is 5.97 Å². The van der Waals surface area contributed by atoms with Crippen LogP contribution in [0.25, 0.3) is 0 Å². The molecule has 1 radical (unpaired) electrons. The average molecular weight is 1510 g/mol. The molecule has 7 atom stereocenters. The zero-order valence-electron chi connectivity index (χ0n) is 50.6. The summed E-state index contributed by atoms with van der Waals surface area (Å²) in [5.41, 5.74) is 11.2. The molecule has 21 N–H and O–H groups in total. The topological polar surface area (TPSA) is 592 Å². The maximum Gasteiger partial charge on any atom is 0.305 e. The first-order chi connectivity index (χ1) is 43.6. The van der Waals surface area contributed by atoms with Crippen LogP contribution in [0.15, 0.2) is 24.3 Å². The van der Waals surface area contributed by atoms with Gasteiger partial charge in [-0.05, 0) is 36.4 Å². The van der Waals surface area contributed by atoms with Crippen LogP contribution in [0.4, 0.5) is 0 Å². The number of carbonyl (C=O) groups is 17. The summed E-state index contributed by atoms with van der Waals surface area (Å²) < 4.78 is 0. The summed E-state index contributed by atoms with van der Waals surface area (Å²) in [6.45, 7) is -1.85. The molecule has 1 aliphatic heterocycles. The number of amides is 16. The number of aromatic hydroxyl groups is 1. The van der Waals surface area contributed by atoms with Crippen molar-refractivity contribution in [3.63, 3.8) is 0 Å². The minimum atomic E-state index is -1.85. The Morgan fingerprint density at radius 1 is 0.628 bits per heavy atom. The van der Waals surface area contributed by atoms with Crippen molar-refractivity contribution >= 4 is 160 Å². The first-order valence-electron chi connectivity index (χ1n) is 27.7. The Balaban J connectivity index is 0.0000432. The van der Waals surface area contributed by atoms with Crippen LogP contribution in [0.1, 0.15) is 32.3 Å². The molecule has 2 rings (SSSR count). The molecule has 0 aliphatic carbocycles. The van der Waals surface area contributed by atoms with Crippen molar-refractivity contribution in [3.8, 4) is 5.75 Å². The van der Waals surface area contributed by atoms with E-state index in [1.54, 1.807) is 0 Å². The van der Waals surface area contributed by atoms with Gasteiger partial charge in [0.1, 0.15) is 42.0 Å². The van der Waals surface area contributed by atoms with Crippen molar-refractivity contribution < 1.29 is 117 Å². The fourth-order valence-electron chi connectivity index (χ4n) is 7.11. The molecule has 1 aromatic rings. The van der Waals surface area contributed by atoms with E-state index in [1.807, 2.05) is 0 Å². The Bertz CT molecular complexity index is 2800. The van der Waals surface area contributed by atoms with E-state index in [2.05, 4.69) is 79.8 Å². The number of rotatable bonds is 35. The third-order valence-electron chi connectivity index (χ3n) is 11.8. The van der Waals surface area contributed by atoms with Gasteiger partial charge in [-0.2, -0.15) is 11.8 Å². The zero-order valence-corrected chi connectivity index (χ0v) is 56.5. The van der Waals surface area contributed by atoms with Crippen molar-refractivity contribution in [2.75, 3.05) is 97.8 Å². The van der Waals surface area contributed by atoms with Gasteiger partial charge in [-0.1, -0.05) is 12.1 Å².